The molecule has 2 aliphatic rings. The first-order valence-corrected chi connectivity index (χ1v) is 12.9. The Morgan fingerprint density at radius 2 is 1.85 bits per heavy atom. The first-order valence-electron chi connectivity index (χ1n) is 11.5. The number of nitrogens with zero attached hydrogens (tertiary/aromatic N) is 2. The SMILES string of the molecule is CC(=O)N1c2ccc(S(=O)(=O)N3CCCC3C(=O)NCCc3ccc(C)cc3)cc2CC1C. The van der Waals surface area contributed by atoms with Gasteiger partial charge in [0.1, 0.15) is 6.04 Å². The average Bonchev–Trinajstić information content (AvgIpc) is 3.39. The maximum absolute atomic E-state index is 13.4. The second kappa shape index (κ2) is 9.27. The van der Waals surface area contributed by atoms with E-state index in [0.29, 0.717) is 38.8 Å². The molecule has 1 fully saturated rings. The highest BCUT2D eigenvalue weighted by atomic mass is 32.2. The maximum atomic E-state index is 13.4. The van der Waals surface area contributed by atoms with E-state index in [2.05, 4.69) is 5.32 Å². The van der Waals surface area contributed by atoms with E-state index in [1.165, 1.54) is 16.8 Å². The number of hydrogen-bond donors (Lipinski definition) is 1. The van der Waals surface area contributed by atoms with Gasteiger partial charge in [0, 0.05) is 31.7 Å². The first kappa shape index (κ1) is 23.4. The van der Waals surface area contributed by atoms with Gasteiger partial charge in [-0.2, -0.15) is 4.31 Å². The Hall–Kier alpha value is -2.71. The van der Waals surface area contributed by atoms with Gasteiger partial charge in [0.25, 0.3) is 0 Å². The summed E-state index contributed by atoms with van der Waals surface area (Å²) in [4.78, 5) is 26.7. The molecule has 1 N–H and O–H groups in total. The van der Waals surface area contributed by atoms with E-state index in [0.717, 1.165) is 16.8 Å². The molecule has 2 atom stereocenters. The van der Waals surface area contributed by atoms with Crippen molar-refractivity contribution >= 4 is 27.5 Å². The summed E-state index contributed by atoms with van der Waals surface area (Å²) in [5.41, 5.74) is 3.92. The smallest absolute Gasteiger partial charge is 0.243 e. The van der Waals surface area contributed by atoms with Gasteiger partial charge < -0.3 is 10.2 Å². The van der Waals surface area contributed by atoms with Gasteiger partial charge in [-0.15, -0.1) is 0 Å². The largest absolute Gasteiger partial charge is 0.354 e. The Balaban J connectivity index is 1.46. The molecule has 8 heteroatoms. The van der Waals surface area contributed by atoms with Crippen molar-refractivity contribution in [2.45, 2.75) is 63.4 Å². The predicted octanol–water partition coefficient (Wildman–Crippen LogP) is 2.80. The van der Waals surface area contributed by atoms with Crippen molar-refractivity contribution in [3.8, 4) is 0 Å². The third-order valence-corrected chi connectivity index (χ3v) is 8.46. The molecule has 0 spiro atoms. The second-order valence-corrected chi connectivity index (χ2v) is 10.9. The Bertz CT molecular complexity index is 1160. The number of sulfonamides is 1. The summed E-state index contributed by atoms with van der Waals surface area (Å²) in [6.45, 7) is 6.28. The molecule has 2 amide bonds. The zero-order valence-electron chi connectivity index (χ0n) is 19.4. The van der Waals surface area contributed by atoms with Gasteiger partial charge in [-0.3, -0.25) is 9.59 Å². The van der Waals surface area contributed by atoms with Gasteiger partial charge in [0.15, 0.2) is 0 Å². The lowest BCUT2D eigenvalue weighted by Gasteiger charge is -2.24. The lowest BCUT2D eigenvalue weighted by atomic mass is 10.1. The van der Waals surface area contributed by atoms with Crippen molar-refractivity contribution in [1.29, 1.82) is 0 Å². The number of fused-ring (bicyclic) bond motifs is 1. The quantitative estimate of drug-likeness (QED) is 0.705. The fraction of sp³-hybridized carbons (Fsp3) is 0.440. The number of hydrogen-bond acceptors (Lipinski definition) is 4. The monoisotopic (exact) mass is 469 g/mol. The normalized spacial score (nSPS) is 20.6. The topological polar surface area (TPSA) is 86.8 Å². The lowest BCUT2D eigenvalue weighted by Crippen LogP contribution is -2.46. The van der Waals surface area contributed by atoms with Crippen LogP contribution in [0.5, 0.6) is 0 Å². The van der Waals surface area contributed by atoms with E-state index in [-0.39, 0.29) is 22.8 Å². The van der Waals surface area contributed by atoms with E-state index < -0.39 is 16.1 Å². The minimum atomic E-state index is -3.82. The van der Waals surface area contributed by atoms with E-state index in [1.54, 1.807) is 23.1 Å². The molecule has 2 heterocycles. The van der Waals surface area contributed by atoms with Gasteiger partial charge in [0.2, 0.25) is 21.8 Å². The minimum Gasteiger partial charge on any atom is -0.354 e. The summed E-state index contributed by atoms with van der Waals surface area (Å²) in [6, 6.07) is 12.4. The van der Waals surface area contributed by atoms with Gasteiger partial charge in [-0.25, -0.2) is 8.42 Å². The van der Waals surface area contributed by atoms with Crippen molar-refractivity contribution < 1.29 is 18.0 Å². The van der Waals surface area contributed by atoms with Crippen LogP contribution >= 0.6 is 0 Å². The molecule has 0 aromatic heterocycles. The van der Waals surface area contributed by atoms with Crippen molar-refractivity contribution in [2.24, 2.45) is 0 Å². The Labute approximate surface area is 195 Å². The molecule has 0 aliphatic carbocycles. The van der Waals surface area contributed by atoms with E-state index >= 15 is 0 Å². The molecular formula is C25H31N3O4S. The Morgan fingerprint density at radius 1 is 1.12 bits per heavy atom. The van der Waals surface area contributed by atoms with Crippen LogP contribution < -0.4 is 10.2 Å². The highest BCUT2D eigenvalue weighted by molar-refractivity contribution is 7.89. The fourth-order valence-corrected chi connectivity index (χ4v) is 6.58. The zero-order chi connectivity index (χ0) is 23.8. The van der Waals surface area contributed by atoms with Crippen LogP contribution in [-0.2, 0) is 32.5 Å². The van der Waals surface area contributed by atoms with Gasteiger partial charge >= 0.3 is 0 Å². The van der Waals surface area contributed by atoms with Crippen LogP contribution in [0.2, 0.25) is 0 Å². The van der Waals surface area contributed by atoms with Crippen molar-refractivity contribution in [3.05, 3.63) is 59.2 Å². The number of aryl methyl sites for hydroxylation is 1. The number of benzene rings is 2. The number of amides is 2. The molecule has 176 valence electrons. The molecule has 2 aromatic carbocycles. The van der Waals surface area contributed by atoms with Crippen LogP contribution in [0.15, 0.2) is 47.4 Å². The van der Waals surface area contributed by atoms with Gasteiger partial charge in [0.05, 0.1) is 4.90 Å². The standard InChI is InChI=1S/C25H31N3O4S/c1-17-6-8-20(9-7-17)12-13-26-25(30)24-5-4-14-27(24)33(31,32)22-10-11-23-21(16-22)15-18(2)28(23)19(3)29/h6-11,16,18,24H,4-5,12-15H2,1-3H3,(H,26,30). The first-order chi connectivity index (χ1) is 15.7. The molecule has 7 nitrogen and oxygen atoms in total. The number of carbonyl (C=O) groups excluding carboxylic acids is 2. The summed E-state index contributed by atoms with van der Waals surface area (Å²) >= 11 is 0. The van der Waals surface area contributed by atoms with E-state index in [1.807, 2.05) is 38.1 Å². The fourth-order valence-electron chi connectivity index (χ4n) is 4.88. The van der Waals surface area contributed by atoms with Crippen LogP contribution in [0.4, 0.5) is 5.69 Å². The van der Waals surface area contributed by atoms with Crippen LogP contribution in [0, 0.1) is 6.92 Å². The lowest BCUT2D eigenvalue weighted by molar-refractivity contribution is -0.124. The zero-order valence-corrected chi connectivity index (χ0v) is 20.2. The molecule has 0 radical (unpaired) electrons. The van der Waals surface area contributed by atoms with Crippen molar-refractivity contribution in [2.75, 3.05) is 18.0 Å². The molecule has 2 aliphatic heterocycles. The maximum Gasteiger partial charge on any atom is 0.243 e. The van der Waals surface area contributed by atoms with Crippen LogP contribution in [-0.4, -0.2) is 49.7 Å². The Kier molecular flexibility index (Phi) is 6.59. The third kappa shape index (κ3) is 4.68. The van der Waals surface area contributed by atoms with E-state index in [4.69, 9.17) is 0 Å². The van der Waals surface area contributed by atoms with Crippen LogP contribution in [0.1, 0.15) is 43.4 Å². The van der Waals surface area contributed by atoms with E-state index in [9.17, 15) is 18.0 Å². The number of carbonyl (C=O) groups is 2. The highest BCUT2D eigenvalue weighted by Gasteiger charge is 2.40. The van der Waals surface area contributed by atoms with Crippen molar-refractivity contribution in [3.63, 3.8) is 0 Å². The molecule has 4 rings (SSSR count). The van der Waals surface area contributed by atoms with Crippen LogP contribution in [0.3, 0.4) is 0 Å². The molecule has 1 saturated heterocycles. The summed E-state index contributed by atoms with van der Waals surface area (Å²) in [5.74, 6) is -0.306. The molecule has 33 heavy (non-hydrogen) atoms. The summed E-state index contributed by atoms with van der Waals surface area (Å²) in [5, 5.41) is 2.92. The van der Waals surface area contributed by atoms with Crippen LogP contribution in [0.25, 0.3) is 0 Å². The number of nitrogens with one attached hydrogen (secondary N) is 1. The Morgan fingerprint density at radius 3 is 2.55 bits per heavy atom. The third-order valence-electron chi connectivity index (χ3n) is 6.55. The molecule has 0 bridgehead atoms. The van der Waals surface area contributed by atoms with Gasteiger partial charge in [-0.1, -0.05) is 29.8 Å². The average molecular weight is 470 g/mol. The van der Waals surface area contributed by atoms with Gasteiger partial charge in [-0.05, 0) is 68.9 Å². The predicted molar refractivity (Wildman–Crippen MR) is 128 cm³/mol. The summed E-state index contributed by atoms with van der Waals surface area (Å²) in [6.07, 6.45) is 2.47. The molecule has 2 aromatic rings. The molecule has 0 saturated carbocycles. The summed E-state index contributed by atoms with van der Waals surface area (Å²) < 4.78 is 28.2. The number of rotatable bonds is 6. The summed E-state index contributed by atoms with van der Waals surface area (Å²) in [7, 11) is -3.82. The number of anilines is 1. The minimum absolute atomic E-state index is 0.00528. The van der Waals surface area contributed by atoms with Crippen molar-refractivity contribution in [1.82, 2.24) is 9.62 Å². The molecule has 2 unspecified atom stereocenters. The molecular weight excluding hydrogens is 438 g/mol. The highest BCUT2D eigenvalue weighted by Crippen LogP contribution is 2.35. The second-order valence-electron chi connectivity index (χ2n) is 9.03.